The lowest BCUT2D eigenvalue weighted by Crippen LogP contribution is -2.18. The van der Waals surface area contributed by atoms with Crippen LogP contribution in [0.15, 0.2) is 18.2 Å². The minimum absolute atomic E-state index is 0.0471. The van der Waals surface area contributed by atoms with Gasteiger partial charge in [-0.3, -0.25) is 0 Å². The molecule has 108 valence electrons. The number of nitrogens with one attached hydrogen (secondary N) is 1. The fourth-order valence-electron chi connectivity index (χ4n) is 1.61. The van der Waals surface area contributed by atoms with Crippen LogP contribution in [-0.2, 0) is 11.3 Å². The molecule has 0 saturated carbocycles. The van der Waals surface area contributed by atoms with Crippen molar-refractivity contribution in [3.63, 3.8) is 0 Å². The molecule has 0 radical (unpaired) electrons. The summed E-state index contributed by atoms with van der Waals surface area (Å²) >= 11 is 0. The molecule has 0 unspecified atom stereocenters. The van der Waals surface area contributed by atoms with Crippen molar-refractivity contribution in [1.29, 1.82) is 0 Å². The van der Waals surface area contributed by atoms with Crippen LogP contribution in [0, 0.1) is 0 Å². The van der Waals surface area contributed by atoms with Crippen molar-refractivity contribution >= 4 is 0 Å². The second kappa shape index (κ2) is 9.58. The van der Waals surface area contributed by atoms with E-state index in [2.05, 4.69) is 5.32 Å². The molecular weight excluding hydrogens is 249 g/mol. The molecule has 0 aliphatic carbocycles. The van der Waals surface area contributed by atoms with Crippen LogP contribution in [-0.4, -0.2) is 40.1 Å². The summed E-state index contributed by atoms with van der Waals surface area (Å²) < 4.78 is 27.9. The first-order valence-corrected chi connectivity index (χ1v) is 6.46. The van der Waals surface area contributed by atoms with Crippen molar-refractivity contribution in [2.75, 3.05) is 40.1 Å². The number of hydrogen-bond donors (Lipinski definition) is 1. The van der Waals surface area contributed by atoms with Crippen LogP contribution in [0.1, 0.15) is 12.5 Å². The summed E-state index contributed by atoms with van der Waals surface area (Å²) in [6.07, 6.45) is 0. The third-order valence-electron chi connectivity index (χ3n) is 2.45. The Morgan fingerprint density at radius 2 is 2.00 bits per heavy atom. The Balaban J connectivity index is 2.60. The molecule has 0 spiro atoms. The van der Waals surface area contributed by atoms with Gasteiger partial charge in [0.1, 0.15) is 13.3 Å². The van der Waals surface area contributed by atoms with E-state index in [0.717, 1.165) is 18.7 Å². The summed E-state index contributed by atoms with van der Waals surface area (Å²) in [6.45, 7) is 4.19. The van der Waals surface area contributed by atoms with E-state index in [9.17, 15) is 4.39 Å². The highest BCUT2D eigenvalue weighted by molar-refractivity contribution is 5.43. The number of alkyl halides is 1. The zero-order chi connectivity index (χ0) is 13.9. The van der Waals surface area contributed by atoms with E-state index in [1.54, 1.807) is 7.11 Å². The SMILES string of the molecule is CCOc1cc(CNCCOC)ccc1OCCF. The first-order chi connectivity index (χ1) is 9.31. The van der Waals surface area contributed by atoms with Gasteiger partial charge in [-0.25, -0.2) is 4.39 Å². The van der Waals surface area contributed by atoms with Crippen LogP contribution in [0.4, 0.5) is 4.39 Å². The molecule has 0 aliphatic heterocycles. The summed E-state index contributed by atoms with van der Waals surface area (Å²) in [7, 11) is 1.67. The van der Waals surface area contributed by atoms with Crippen molar-refractivity contribution in [1.82, 2.24) is 5.32 Å². The Morgan fingerprint density at radius 3 is 2.68 bits per heavy atom. The van der Waals surface area contributed by atoms with Crippen molar-refractivity contribution in [3.05, 3.63) is 23.8 Å². The zero-order valence-electron chi connectivity index (χ0n) is 11.6. The van der Waals surface area contributed by atoms with Gasteiger partial charge in [0, 0.05) is 20.2 Å². The Bertz CT molecular complexity index is 361. The summed E-state index contributed by atoms with van der Waals surface area (Å²) in [5, 5.41) is 3.25. The van der Waals surface area contributed by atoms with Crippen LogP contribution < -0.4 is 14.8 Å². The van der Waals surface area contributed by atoms with Gasteiger partial charge in [-0.15, -0.1) is 0 Å². The Labute approximate surface area is 113 Å². The summed E-state index contributed by atoms with van der Waals surface area (Å²) in [6, 6.07) is 5.67. The minimum Gasteiger partial charge on any atom is -0.490 e. The van der Waals surface area contributed by atoms with E-state index in [1.807, 2.05) is 25.1 Å². The number of halogens is 1. The quantitative estimate of drug-likeness (QED) is 0.662. The normalized spacial score (nSPS) is 10.5. The van der Waals surface area contributed by atoms with Crippen LogP contribution in [0.3, 0.4) is 0 Å². The fourth-order valence-corrected chi connectivity index (χ4v) is 1.61. The molecule has 1 N–H and O–H groups in total. The lowest BCUT2D eigenvalue weighted by Gasteiger charge is -2.13. The first kappa shape index (κ1) is 15.7. The van der Waals surface area contributed by atoms with Gasteiger partial charge in [-0.2, -0.15) is 0 Å². The molecule has 0 aliphatic rings. The molecule has 0 fully saturated rings. The van der Waals surface area contributed by atoms with Gasteiger partial charge in [0.15, 0.2) is 11.5 Å². The maximum absolute atomic E-state index is 12.1. The molecular formula is C14H22FNO3. The van der Waals surface area contributed by atoms with Crippen LogP contribution in [0.25, 0.3) is 0 Å². The number of benzene rings is 1. The lowest BCUT2D eigenvalue weighted by atomic mass is 10.2. The maximum atomic E-state index is 12.1. The van der Waals surface area contributed by atoms with Gasteiger partial charge >= 0.3 is 0 Å². The van der Waals surface area contributed by atoms with E-state index in [4.69, 9.17) is 14.2 Å². The molecule has 19 heavy (non-hydrogen) atoms. The molecule has 4 nitrogen and oxygen atoms in total. The molecule has 1 aromatic rings. The second-order valence-corrected chi connectivity index (χ2v) is 3.92. The molecule has 1 aromatic carbocycles. The monoisotopic (exact) mass is 271 g/mol. The van der Waals surface area contributed by atoms with Gasteiger partial charge in [0.2, 0.25) is 0 Å². The third kappa shape index (κ3) is 5.89. The molecule has 0 bridgehead atoms. The van der Waals surface area contributed by atoms with Crippen LogP contribution in [0.5, 0.6) is 11.5 Å². The maximum Gasteiger partial charge on any atom is 0.161 e. The van der Waals surface area contributed by atoms with Crippen molar-refractivity contribution in [2.45, 2.75) is 13.5 Å². The lowest BCUT2D eigenvalue weighted by molar-refractivity contribution is 0.199. The highest BCUT2D eigenvalue weighted by Gasteiger charge is 2.06. The van der Waals surface area contributed by atoms with Crippen molar-refractivity contribution in [3.8, 4) is 11.5 Å². The molecule has 0 saturated heterocycles. The fraction of sp³-hybridized carbons (Fsp3) is 0.571. The van der Waals surface area contributed by atoms with Gasteiger partial charge in [0.25, 0.3) is 0 Å². The molecule has 0 atom stereocenters. The predicted molar refractivity (Wildman–Crippen MR) is 72.7 cm³/mol. The third-order valence-corrected chi connectivity index (χ3v) is 2.45. The zero-order valence-corrected chi connectivity index (χ0v) is 11.6. The number of rotatable bonds is 10. The molecule has 0 amide bonds. The van der Waals surface area contributed by atoms with Gasteiger partial charge < -0.3 is 19.5 Å². The second-order valence-electron chi connectivity index (χ2n) is 3.92. The smallest absolute Gasteiger partial charge is 0.161 e. The van der Waals surface area contributed by atoms with Crippen molar-refractivity contribution < 1.29 is 18.6 Å². The molecule has 1 rings (SSSR count). The topological polar surface area (TPSA) is 39.7 Å². The van der Waals surface area contributed by atoms with E-state index >= 15 is 0 Å². The molecule has 0 heterocycles. The largest absolute Gasteiger partial charge is 0.490 e. The average Bonchev–Trinajstić information content (AvgIpc) is 2.43. The molecule has 5 heteroatoms. The highest BCUT2D eigenvalue weighted by Crippen LogP contribution is 2.28. The van der Waals surface area contributed by atoms with E-state index in [1.165, 1.54) is 0 Å². The Hall–Kier alpha value is -1.33. The van der Waals surface area contributed by atoms with E-state index < -0.39 is 6.67 Å². The molecule has 0 aromatic heterocycles. The van der Waals surface area contributed by atoms with Crippen LogP contribution >= 0.6 is 0 Å². The average molecular weight is 271 g/mol. The summed E-state index contributed by atoms with van der Waals surface area (Å²) in [5.41, 5.74) is 1.09. The van der Waals surface area contributed by atoms with Gasteiger partial charge in [-0.05, 0) is 24.6 Å². The Morgan fingerprint density at radius 1 is 1.16 bits per heavy atom. The first-order valence-electron chi connectivity index (χ1n) is 6.46. The Kier molecular flexibility index (Phi) is 7.93. The standard InChI is InChI=1S/C14H22FNO3/c1-3-18-14-10-12(11-16-7-9-17-2)4-5-13(14)19-8-6-15/h4-5,10,16H,3,6-9,11H2,1-2H3. The van der Waals surface area contributed by atoms with Crippen LogP contribution in [0.2, 0.25) is 0 Å². The van der Waals surface area contributed by atoms with E-state index in [0.29, 0.717) is 24.7 Å². The number of methoxy groups -OCH3 is 1. The summed E-state index contributed by atoms with van der Waals surface area (Å²) in [5.74, 6) is 1.24. The minimum atomic E-state index is -0.508. The predicted octanol–water partition coefficient (Wildman–Crippen LogP) is 2.17. The highest BCUT2D eigenvalue weighted by atomic mass is 19.1. The van der Waals surface area contributed by atoms with Crippen molar-refractivity contribution in [2.24, 2.45) is 0 Å². The van der Waals surface area contributed by atoms with Gasteiger partial charge in [0.05, 0.1) is 13.2 Å². The van der Waals surface area contributed by atoms with E-state index in [-0.39, 0.29) is 6.61 Å². The number of ether oxygens (including phenoxy) is 3. The number of hydrogen-bond acceptors (Lipinski definition) is 4. The summed E-state index contributed by atoms with van der Waals surface area (Å²) in [4.78, 5) is 0. The van der Waals surface area contributed by atoms with Gasteiger partial charge in [-0.1, -0.05) is 6.07 Å².